The first-order valence-corrected chi connectivity index (χ1v) is 14.9. The van der Waals surface area contributed by atoms with Crippen LogP contribution in [0.4, 0.5) is 0 Å². The van der Waals surface area contributed by atoms with Crippen LogP contribution in [0.3, 0.4) is 0 Å². The van der Waals surface area contributed by atoms with Crippen molar-refractivity contribution >= 4 is 40.9 Å². The van der Waals surface area contributed by atoms with Gasteiger partial charge in [-0.3, -0.25) is 14.6 Å². The minimum absolute atomic E-state index is 0.00333. The van der Waals surface area contributed by atoms with E-state index in [-0.39, 0.29) is 23.2 Å². The number of aromatic nitrogens is 1. The van der Waals surface area contributed by atoms with Gasteiger partial charge in [0, 0.05) is 17.7 Å². The maximum Gasteiger partial charge on any atom is 0.367 e. The SMILES string of the molecule is COc1ccc(CNC(=O)[C@H](CSCC2CCCCC2)N(N)C(=O)c2csc(C(=O)OC(C)(C)C)n2)cc1. The van der Waals surface area contributed by atoms with Crippen LogP contribution in [-0.4, -0.2) is 58.0 Å². The van der Waals surface area contributed by atoms with Crippen molar-refractivity contribution in [3.63, 3.8) is 0 Å². The second-order valence-electron chi connectivity index (χ2n) is 10.4. The number of nitrogens with zero attached hydrogens (tertiary/aromatic N) is 2. The first kappa shape index (κ1) is 29.9. The highest BCUT2D eigenvalue weighted by Gasteiger charge is 2.31. The standard InChI is InChI=1S/C27H38N4O5S2/c1-27(2,3)36-26(34)24-30-21(16-38-24)25(33)31(28)22(17-37-15-19-8-6-5-7-9-19)23(32)29-14-18-10-12-20(35-4)13-11-18/h10-13,16,19,22H,5-9,14-15,17,28H2,1-4H3,(H,29,32)/t22-/m0/s1. The van der Waals surface area contributed by atoms with Crippen molar-refractivity contribution in [1.82, 2.24) is 15.3 Å². The quantitative estimate of drug-likeness (QED) is 0.179. The third-order valence-corrected chi connectivity index (χ3v) is 8.23. The number of thiazole rings is 1. The summed E-state index contributed by atoms with van der Waals surface area (Å²) in [5, 5.41) is 5.36. The summed E-state index contributed by atoms with van der Waals surface area (Å²) in [5.74, 6) is 7.29. The molecule has 2 amide bonds. The monoisotopic (exact) mass is 562 g/mol. The van der Waals surface area contributed by atoms with Gasteiger partial charge >= 0.3 is 5.97 Å². The summed E-state index contributed by atoms with van der Waals surface area (Å²) in [6, 6.07) is 6.47. The maximum absolute atomic E-state index is 13.3. The molecule has 3 rings (SSSR count). The summed E-state index contributed by atoms with van der Waals surface area (Å²) in [5.41, 5.74) is 0.211. The molecule has 1 aromatic carbocycles. The highest BCUT2D eigenvalue weighted by molar-refractivity contribution is 7.99. The summed E-state index contributed by atoms with van der Waals surface area (Å²) in [7, 11) is 1.60. The third-order valence-electron chi connectivity index (χ3n) is 6.15. The fourth-order valence-electron chi connectivity index (χ4n) is 4.09. The van der Waals surface area contributed by atoms with Crippen LogP contribution in [0, 0.1) is 5.92 Å². The van der Waals surface area contributed by atoms with Gasteiger partial charge in [0.2, 0.25) is 10.9 Å². The van der Waals surface area contributed by atoms with Crippen LogP contribution in [0.5, 0.6) is 5.75 Å². The summed E-state index contributed by atoms with van der Waals surface area (Å²) >= 11 is 2.64. The Balaban J connectivity index is 1.68. The van der Waals surface area contributed by atoms with Crippen LogP contribution < -0.4 is 15.9 Å². The number of amides is 2. The van der Waals surface area contributed by atoms with E-state index in [1.54, 1.807) is 39.6 Å². The third kappa shape index (κ3) is 8.99. The number of methoxy groups -OCH3 is 1. The maximum atomic E-state index is 13.3. The number of hydrogen-bond acceptors (Lipinski definition) is 9. The number of carbonyl (C=O) groups excluding carboxylic acids is 3. The number of thioether (sulfide) groups is 1. The van der Waals surface area contributed by atoms with E-state index >= 15 is 0 Å². The second-order valence-corrected chi connectivity index (χ2v) is 12.3. The zero-order chi connectivity index (χ0) is 27.7. The van der Waals surface area contributed by atoms with Crippen molar-refractivity contribution < 1.29 is 23.9 Å². The van der Waals surface area contributed by atoms with Gasteiger partial charge in [-0.25, -0.2) is 15.6 Å². The Bertz CT molecular complexity index is 1080. The van der Waals surface area contributed by atoms with Gasteiger partial charge in [-0.05, 0) is 63.0 Å². The number of nitrogens with two attached hydrogens (primary N) is 1. The number of rotatable bonds is 11. The lowest BCUT2D eigenvalue weighted by molar-refractivity contribution is -0.125. The van der Waals surface area contributed by atoms with E-state index in [4.69, 9.17) is 15.3 Å². The molecule has 2 aromatic rings. The van der Waals surface area contributed by atoms with Crippen LogP contribution in [0.25, 0.3) is 0 Å². The lowest BCUT2D eigenvalue weighted by Gasteiger charge is -2.27. The molecule has 208 valence electrons. The number of ether oxygens (including phenoxy) is 2. The molecule has 3 N–H and O–H groups in total. The number of nitrogens with one attached hydrogen (secondary N) is 1. The molecule has 0 spiro atoms. The number of carbonyl (C=O) groups is 3. The topological polar surface area (TPSA) is 124 Å². The van der Waals surface area contributed by atoms with E-state index in [0.717, 1.165) is 33.4 Å². The molecule has 0 radical (unpaired) electrons. The van der Waals surface area contributed by atoms with E-state index in [9.17, 15) is 14.4 Å². The van der Waals surface area contributed by atoms with Gasteiger partial charge in [0.25, 0.3) is 5.91 Å². The summed E-state index contributed by atoms with van der Waals surface area (Å²) in [4.78, 5) is 43.0. The minimum Gasteiger partial charge on any atom is -0.497 e. The van der Waals surface area contributed by atoms with Gasteiger partial charge in [-0.2, -0.15) is 11.8 Å². The summed E-state index contributed by atoms with van der Waals surface area (Å²) < 4.78 is 10.5. The van der Waals surface area contributed by atoms with Crippen molar-refractivity contribution in [1.29, 1.82) is 0 Å². The van der Waals surface area contributed by atoms with Gasteiger partial charge in [-0.15, -0.1) is 11.3 Å². The van der Waals surface area contributed by atoms with E-state index in [1.165, 1.54) is 37.5 Å². The average molecular weight is 563 g/mol. The molecule has 11 heteroatoms. The molecule has 0 aliphatic heterocycles. The lowest BCUT2D eigenvalue weighted by atomic mass is 9.91. The van der Waals surface area contributed by atoms with Gasteiger partial charge in [-0.1, -0.05) is 31.4 Å². The van der Waals surface area contributed by atoms with Gasteiger partial charge in [0.05, 0.1) is 7.11 Å². The molecular formula is C27H38N4O5S2. The molecule has 0 bridgehead atoms. The molecule has 9 nitrogen and oxygen atoms in total. The number of esters is 1. The van der Waals surface area contributed by atoms with Crippen LogP contribution in [0.1, 0.15) is 78.7 Å². The Morgan fingerprint density at radius 3 is 2.50 bits per heavy atom. The predicted molar refractivity (Wildman–Crippen MR) is 150 cm³/mol. The van der Waals surface area contributed by atoms with Crippen molar-refractivity contribution in [3.8, 4) is 5.75 Å². The summed E-state index contributed by atoms with van der Waals surface area (Å²) in [6.45, 7) is 5.55. The fraction of sp³-hybridized carbons (Fsp3) is 0.556. The highest BCUT2D eigenvalue weighted by Crippen LogP contribution is 2.27. The van der Waals surface area contributed by atoms with Crippen molar-refractivity contribution in [2.75, 3.05) is 18.6 Å². The van der Waals surface area contributed by atoms with Crippen molar-refractivity contribution in [3.05, 3.63) is 45.9 Å². The number of hydrogen-bond donors (Lipinski definition) is 2. The Morgan fingerprint density at radius 1 is 1.18 bits per heavy atom. The molecule has 0 saturated heterocycles. The molecule has 1 saturated carbocycles. The van der Waals surface area contributed by atoms with E-state index < -0.39 is 23.5 Å². The second kappa shape index (κ2) is 14.0. The molecule has 38 heavy (non-hydrogen) atoms. The molecule has 0 unspecified atom stereocenters. The first-order valence-electron chi connectivity index (χ1n) is 12.8. The summed E-state index contributed by atoms with van der Waals surface area (Å²) in [6.07, 6.45) is 6.14. The average Bonchev–Trinajstić information content (AvgIpc) is 3.40. The van der Waals surface area contributed by atoms with Crippen LogP contribution in [0.15, 0.2) is 29.6 Å². The Morgan fingerprint density at radius 2 is 1.87 bits per heavy atom. The Kier molecular flexibility index (Phi) is 11.0. The highest BCUT2D eigenvalue weighted by atomic mass is 32.2. The van der Waals surface area contributed by atoms with Crippen LogP contribution in [0.2, 0.25) is 0 Å². The van der Waals surface area contributed by atoms with E-state index in [0.29, 0.717) is 11.7 Å². The van der Waals surface area contributed by atoms with Crippen molar-refractivity contribution in [2.45, 2.75) is 71.1 Å². The van der Waals surface area contributed by atoms with Gasteiger partial charge in [0.15, 0.2) is 0 Å². The molecule has 1 aliphatic rings. The molecule has 1 aliphatic carbocycles. The predicted octanol–water partition coefficient (Wildman–Crippen LogP) is 4.42. The molecule has 1 atom stereocenters. The van der Waals surface area contributed by atoms with E-state index in [2.05, 4.69) is 10.3 Å². The zero-order valence-electron chi connectivity index (χ0n) is 22.5. The zero-order valence-corrected chi connectivity index (χ0v) is 24.2. The lowest BCUT2D eigenvalue weighted by Crippen LogP contribution is -2.54. The minimum atomic E-state index is -0.902. The largest absolute Gasteiger partial charge is 0.497 e. The smallest absolute Gasteiger partial charge is 0.367 e. The fourth-order valence-corrected chi connectivity index (χ4v) is 6.10. The Labute approximate surface area is 232 Å². The van der Waals surface area contributed by atoms with Crippen LogP contribution >= 0.6 is 23.1 Å². The Hall–Kier alpha value is -2.63. The van der Waals surface area contributed by atoms with Gasteiger partial charge in [0.1, 0.15) is 23.1 Å². The first-order chi connectivity index (χ1) is 18.1. The molecule has 1 aromatic heterocycles. The molecule has 1 heterocycles. The molecular weight excluding hydrogens is 524 g/mol. The van der Waals surface area contributed by atoms with Crippen molar-refractivity contribution in [2.24, 2.45) is 11.8 Å². The van der Waals surface area contributed by atoms with Gasteiger partial charge < -0.3 is 14.8 Å². The normalized spacial score (nSPS) is 15.0. The van der Waals surface area contributed by atoms with Crippen LogP contribution in [-0.2, 0) is 16.1 Å². The number of hydrazine groups is 1. The van der Waals surface area contributed by atoms with E-state index in [1.807, 2.05) is 24.3 Å². The number of benzene rings is 1. The molecule has 1 fully saturated rings.